The molecule has 0 spiro atoms. The van der Waals surface area contributed by atoms with Gasteiger partial charge in [0.25, 0.3) is 5.91 Å². The van der Waals surface area contributed by atoms with Crippen molar-refractivity contribution < 1.29 is 4.79 Å². The number of rotatable bonds is 4. The van der Waals surface area contributed by atoms with Crippen LogP contribution in [-0.4, -0.2) is 15.9 Å². The third kappa shape index (κ3) is 4.56. The van der Waals surface area contributed by atoms with Crippen molar-refractivity contribution in [1.82, 2.24) is 9.97 Å². The fourth-order valence-corrected chi connectivity index (χ4v) is 3.14. The van der Waals surface area contributed by atoms with Gasteiger partial charge in [0.1, 0.15) is 5.15 Å². The van der Waals surface area contributed by atoms with Gasteiger partial charge in [-0.05, 0) is 62.2 Å². The van der Waals surface area contributed by atoms with Gasteiger partial charge in [-0.3, -0.25) is 9.78 Å². The first-order valence-electron chi connectivity index (χ1n) is 8.82. The van der Waals surface area contributed by atoms with E-state index in [0.29, 0.717) is 32.7 Å². The maximum absolute atomic E-state index is 12.8. The second kappa shape index (κ2) is 8.20. The molecule has 0 aliphatic carbocycles. The van der Waals surface area contributed by atoms with Crippen LogP contribution in [0, 0.1) is 18.3 Å². The molecule has 0 aliphatic rings. The van der Waals surface area contributed by atoms with Crippen molar-refractivity contribution >= 4 is 34.8 Å². The highest BCUT2D eigenvalue weighted by Gasteiger charge is 2.22. The molecule has 1 amide bonds. The lowest BCUT2D eigenvalue weighted by atomic mass is 9.90. The first-order chi connectivity index (χ1) is 13.7. The molecule has 29 heavy (non-hydrogen) atoms. The van der Waals surface area contributed by atoms with Crippen LogP contribution in [0.5, 0.6) is 0 Å². The molecule has 0 atom stereocenters. The summed E-state index contributed by atoms with van der Waals surface area (Å²) in [6, 6.07) is 12.7. The van der Waals surface area contributed by atoms with Crippen LogP contribution in [0.4, 0.5) is 5.69 Å². The molecule has 0 radical (unpaired) electrons. The number of pyridine rings is 2. The maximum atomic E-state index is 12.8. The largest absolute Gasteiger partial charge is 0.322 e. The van der Waals surface area contributed by atoms with Crippen molar-refractivity contribution in [2.24, 2.45) is 0 Å². The second-order valence-corrected chi connectivity index (χ2v) is 7.94. The van der Waals surface area contributed by atoms with E-state index in [1.807, 2.05) is 25.1 Å². The third-order valence-electron chi connectivity index (χ3n) is 4.53. The SMILES string of the molecule is Cc1ccc(NC(=O)c2ccnc(C(C)(C)C#N)c2)cc1-c1cc(Cl)cnc1Cl. The van der Waals surface area contributed by atoms with Gasteiger partial charge >= 0.3 is 0 Å². The number of carbonyl (C=O) groups is 1. The van der Waals surface area contributed by atoms with Gasteiger partial charge in [0.2, 0.25) is 0 Å². The van der Waals surface area contributed by atoms with Crippen molar-refractivity contribution in [3.63, 3.8) is 0 Å². The van der Waals surface area contributed by atoms with Gasteiger partial charge in [-0.2, -0.15) is 5.26 Å². The molecule has 2 aromatic heterocycles. The lowest BCUT2D eigenvalue weighted by Crippen LogP contribution is -2.18. The fourth-order valence-electron chi connectivity index (χ4n) is 2.78. The molecular formula is C22H18Cl2N4O. The number of benzene rings is 1. The quantitative estimate of drug-likeness (QED) is 0.535. The van der Waals surface area contributed by atoms with Crippen LogP contribution in [0.15, 0.2) is 48.8 Å². The van der Waals surface area contributed by atoms with E-state index < -0.39 is 5.41 Å². The number of amides is 1. The zero-order chi connectivity index (χ0) is 21.2. The summed E-state index contributed by atoms with van der Waals surface area (Å²) in [4.78, 5) is 21.1. The van der Waals surface area contributed by atoms with Crippen LogP contribution in [-0.2, 0) is 5.41 Å². The standard InChI is InChI=1S/C22H18Cl2N4O/c1-13-4-5-16(10-17(13)18-9-15(23)11-27-20(18)24)28-21(29)14-6-7-26-19(8-14)22(2,3)12-25/h4-11H,1-3H3,(H,28,29). The number of halogens is 2. The zero-order valence-corrected chi connectivity index (χ0v) is 17.6. The number of nitrogens with one attached hydrogen (secondary N) is 1. The molecule has 2 heterocycles. The van der Waals surface area contributed by atoms with Crippen molar-refractivity contribution in [3.05, 3.63) is 75.8 Å². The molecule has 1 aromatic carbocycles. The first-order valence-corrected chi connectivity index (χ1v) is 9.58. The normalized spacial score (nSPS) is 11.0. The Kier molecular flexibility index (Phi) is 5.88. The number of carbonyl (C=O) groups excluding carboxylic acids is 1. The molecule has 0 bridgehead atoms. The lowest BCUT2D eigenvalue weighted by molar-refractivity contribution is 0.102. The minimum Gasteiger partial charge on any atom is -0.322 e. The Morgan fingerprint density at radius 3 is 2.59 bits per heavy atom. The molecule has 0 saturated heterocycles. The average molecular weight is 425 g/mol. The van der Waals surface area contributed by atoms with E-state index in [1.165, 1.54) is 12.4 Å². The van der Waals surface area contributed by atoms with Crippen molar-refractivity contribution in [2.75, 3.05) is 5.32 Å². The predicted molar refractivity (Wildman–Crippen MR) is 115 cm³/mol. The van der Waals surface area contributed by atoms with Gasteiger partial charge in [0.15, 0.2) is 0 Å². The molecule has 146 valence electrons. The van der Waals surface area contributed by atoms with Crippen LogP contribution >= 0.6 is 23.2 Å². The molecule has 0 unspecified atom stereocenters. The number of hydrogen-bond acceptors (Lipinski definition) is 4. The summed E-state index contributed by atoms with van der Waals surface area (Å²) in [5.74, 6) is -0.299. The molecule has 0 saturated carbocycles. The smallest absolute Gasteiger partial charge is 0.255 e. The molecule has 0 aliphatic heterocycles. The van der Waals surface area contributed by atoms with Crippen LogP contribution in [0.25, 0.3) is 11.1 Å². The van der Waals surface area contributed by atoms with Gasteiger partial charge in [-0.15, -0.1) is 0 Å². The lowest BCUT2D eigenvalue weighted by Gasteiger charge is -2.15. The Bertz CT molecular complexity index is 1140. The Morgan fingerprint density at radius 1 is 1.10 bits per heavy atom. The Balaban J connectivity index is 1.92. The van der Waals surface area contributed by atoms with Crippen LogP contribution < -0.4 is 5.32 Å². The molecular weight excluding hydrogens is 407 g/mol. The highest BCUT2D eigenvalue weighted by atomic mass is 35.5. The number of nitriles is 1. The summed E-state index contributed by atoms with van der Waals surface area (Å²) in [6.45, 7) is 5.45. The van der Waals surface area contributed by atoms with Gasteiger partial charge in [0, 0.05) is 29.2 Å². The molecule has 5 nitrogen and oxygen atoms in total. The Hall–Kier alpha value is -2.94. The number of aromatic nitrogens is 2. The van der Waals surface area contributed by atoms with E-state index in [-0.39, 0.29) is 5.91 Å². The second-order valence-electron chi connectivity index (χ2n) is 7.14. The summed E-state index contributed by atoms with van der Waals surface area (Å²) in [7, 11) is 0. The van der Waals surface area contributed by atoms with Gasteiger partial charge in [0.05, 0.1) is 22.2 Å². The van der Waals surface area contributed by atoms with Crippen LogP contribution in [0.3, 0.4) is 0 Å². The number of aryl methyl sites for hydroxylation is 1. The first kappa shape index (κ1) is 20.8. The van der Waals surface area contributed by atoms with Gasteiger partial charge in [-0.25, -0.2) is 4.98 Å². The summed E-state index contributed by atoms with van der Waals surface area (Å²) in [5, 5.41) is 13.0. The van der Waals surface area contributed by atoms with Crippen LogP contribution in [0.2, 0.25) is 10.2 Å². The Morgan fingerprint density at radius 2 is 1.86 bits per heavy atom. The number of nitrogens with zero attached hydrogens (tertiary/aromatic N) is 3. The monoisotopic (exact) mass is 424 g/mol. The van der Waals surface area contributed by atoms with E-state index >= 15 is 0 Å². The highest BCUT2D eigenvalue weighted by molar-refractivity contribution is 6.34. The Labute approximate surface area is 179 Å². The average Bonchev–Trinajstić information content (AvgIpc) is 2.71. The van der Waals surface area contributed by atoms with E-state index in [9.17, 15) is 10.1 Å². The molecule has 7 heteroatoms. The predicted octanol–water partition coefficient (Wildman–Crippen LogP) is 5.81. The van der Waals surface area contributed by atoms with E-state index in [1.54, 1.807) is 32.0 Å². The minimum atomic E-state index is -0.788. The van der Waals surface area contributed by atoms with Crippen molar-refractivity contribution in [2.45, 2.75) is 26.2 Å². The zero-order valence-electron chi connectivity index (χ0n) is 16.1. The van der Waals surface area contributed by atoms with Crippen LogP contribution in [0.1, 0.15) is 35.5 Å². The molecule has 0 fully saturated rings. The summed E-state index contributed by atoms with van der Waals surface area (Å²) in [6.07, 6.45) is 3.01. The highest BCUT2D eigenvalue weighted by Crippen LogP contribution is 2.33. The van der Waals surface area contributed by atoms with E-state index in [4.69, 9.17) is 23.2 Å². The summed E-state index contributed by atoms with van der Waals surface area (Å²) in [5.41, 5.74) is 3.25. The number of hydrogen-bond donors (Lipinski definition) is 1. The van der Waals surface area contributed by atoms with Gasteiger partial charge in [-0.1, -0.05) is 29.3 Å². The topological polar surface area (TPSA) is 78.7 Å². The third-order valence-corrected chi connectivity index (χ3v) is 5.04. The van der Waals surface area contributed by atoms with Gasteiger partial charge < -0.3 is 5.32 Å². The van der Waals surface area contributed by atoms with Crippen molar-refractivity contribution in [1.29, 1.82) is 5.26 Å². The minimum absolute atomic E-state index is 0.299. The molecule has 3 aromatic rings. The van der Waals surface area contributed by atoms with E-state index in [2.05, 4.69) is 21.4 Å². The molecule has 1 N–H and O–H groups in total. The summed E-state index contributed by atoms with van der Waals surface area (Å²) < 4.78 is 0. The molecule has 3 rings (SSSR count). The summed E-state index contributed by atoms with van der Waals surface area (Å²) >= 11 is 12.3. The van der Waals surface area contributed by atoms with E-state index in [0.717, 1.165) is 11.1 Å². The number of anilines is 1. The van der Waals surface area contributed by atoms with Crippen molar-refractivity contribution in [3.8, 4) is 17.2 Å². The maximum Gasteiger partial charge on any atom is 0.255 e. The fraction of sp³-hybridized carbons (Fsp3) is 0.182.